The molecule has 2 fully saturated rings. The molecule has 0 aromatic carbocycles. The normalized spacial score (nSPS) is 24.3. The van der Waals surface area contributed by atoms with Gasteiger partial charge in [0.25, 0.3) is 10.2 Å². The Bertz CT molecular complexity index is 488. The highest BCUT2D eigenvalue weighted by Gasteiger charge is 2.32. The molecule has 3 N–H and O–H groups in total. The maximum Gasteiger partial charge on any atom is 0.307 e. The van der Waals surface area contributed by atoms with E-state index >= 15 is 0 Å². The van der Waals surface area contributed by atoms with Gasteiger partial charge in [-0.3, -0.25) is 9.59 Å². The highest BCUT2D eigenvalue weighted by Crippen LogP contribution is 2.19. The van der Waals surface area contributed by atoms with Gasteiger partial charge in [-0.2, -0.15) is 17.4 Å². The molecule has 114 valence electrons. The van der Waals surface area contributed by atoms with Crippen LogP contribution in [0.5, 0.6) is 0 Å². The molecular weight excluding hydrogens is 286 g/mol. The van der Waals surface area contributed by atoms with E-state index in [1.165, 1.54) is 0 Å². The number of carbonyl (C=O) groups excluding carboxylic acids is 1. The van der Waals surface area contributed by atoms with Gasteiger partial charge in [0.05, 0.1) is 12.5 Å². The Morgan fingerprint density at radius 3 is 2.55 bits per heavy atom. The van der Waals surface area contributed by atoms with Crippen molar-refractivity contribution in [3.63, 3.8) is 0 Å². The molecule has 1 saturated carbocycles. The summed E-state index contributed by atoms with van der Waals surface area (Å²) < 4.78 is 27.3. The third-order valence-electron chi connectivity index (χ3n) is 3.43. The average molecular weight is 305 g/mol. The Morgan fingerprint density at radius 1 is 1.25 bits per heavy atom. The molecule has 9 heteroatoms. The van der Waals surface area contributed by atoms with Crippen LogP contribution in [0, 0.1) is 5.92 Å². The molecule has 1 aliphatic carbocycles. The molecule has 1 atom stereocenters. The van der Waals surface area contributed by atoms with Gasteiger partial charge in [-0.05, 0) is 25.7 Å². The number of carboxylic acid groups (broad SMARTS) is 1. The number of nitrogens with zero attached hydrogens (tertiary/aromatic N) is 1. The topological polar surface area (TPSA) is 116 Å². The summed E-state index contributed by atoms with van der Waals surface area (Å²) in [5.41, 5.74) is 0. The molecule has 0 aromatic heterocycles. The maximum absolute atomic E-state index is 12.0. The van der Waals surface area contributed by atoms with E-state index in [-0.39, 0.29) is 31.6 Å². The Labute approximate surface area is 117 Å². The summed E-state index contributed by atoms with van der Waals surface area (Å²) in [7, 11) is -3.80. The van der Waals surface area contributed by atoms with Crippen LogP contribution in [0.1, 0.15) is 25.7 Å². The third-order valence-corrected chi connectivity index (χ3v) is 4.95. The molecular formula is C11H19N3O5S. The lowest BCUT2D eigenvalue weighted by molar-refractivity contribution is -0.142. The Morgan fingerprint density at radius 2 is 1.95 bits per heavy atom. The molecule has 0 aromatic rings. The summed E-state index contributed by atoms with van der Waals surface area (Å²) in [5.74, 6) is -2.03. The number of carbonyl (C=O) groups is 2. The molecule has 1 unspecified atom stereocenters. The van der Waals surface area contributed by atoms with E-state index in [1.54, 1.807) is 0 Å². The SMILES string of the molecule is O=C(CNS(=O)(=O)N1CCCC(C(=O)O)C1)NC1CC1. The number of hydrogen-bond donors (Lipinski definition) is 3. The van der Waals surface area contributed by atoms with Gasteiger partial charge in [0.2, 0.25) is 5.91 Å². The number of aliphatic carboxylic acids is 1. The summed E-state index contributed by atoms with van der Waals surface area (Å²) >= 11 is 0. The molecule has 1 amide bonds. The summed E-state index contributed by atoms with van der Waals surface area (Å²) in [4.78, 5) is 22.4. The smallest absolute Gasteiger partial charge is 0.307 e. The highest BCUT2D eigenvalue weighted by molar-refractivity contribution is 7.87. The largest absolute Gasteiger partial charge is 0.481 e. The minimum atomic E-state index is -3.80. The number of hydrogen-bond acceptors (Lipinski definition) is 4. The van der Waals surface area contributed by atoms with Gasteiger partial charge in [-0.1, -0.05) is 0 Å². The number of carboxylic acids is 1. The van der Waals surface area contributed by atoms with E-state index in [0.29, 0.717) is 12.8 Å². The minimum absolute atomic E-state index is 0.0467. The zero-order valence-electron chi connectivity index (χ0n) is 11.0. The highest BCUT2D eigenvalue weighted by atomic mass is 32.2. The first-order valence-electron chi connectivity index (χ1n) is 6.65. The van der Waals surface area contributed by atoms with E-state index in [4.69, 9.17) is 5.11 Å². The molecule has 2 aliphatic rings. The number of amides is 1. The van der Waals surface area contributed by atoms with Gasteiger partial charge >= 0.3 is 5.97 Å². The fourth-order valence-electron chi connectivity index (χ4n) is 2.12. The molecule has 0 spiro atoms. The second kappa shape index (κ2) is 6.06. The summed E-state index contributed by atoms with van der Waals surface area (Å²) in [6, 6.07) is 0.179. The van der Waals surface area contributed by atoms with Crippen molar-refractivity contribution in [2.75, 3.05) is 19.6 Å². The third kappa shape index (κ3) is 4.15. The average Bonchev–Trinajstić information content (AvgIpc) is 3.20. The fourth-order valence-corrected chi connectivity index (χ4v) is 3.36. The van der Waals surface area contributed by atoms with E-state index in [0.717, 1.165) is 17.1 Å². The number of piperidine rings is 1. The first-order valence-corrected chi connectivity index (χ1v) is 8.09. The van der Waals surface area contributed by atoms with Crippen LogP contribution in [-0.2, 0) is 19.8 Å². The summed E-state index contributed by atoms with van der Waals surface area (Å²) in [6.07, 6.45) is 2.85. The first-order chi connectivity index (χ1) is 9.38. The van der Waals surface area contributed by atoms with Crippen molar-refractivity contribution in [1.82, 2.24) is 14.3 Å². The van der Waals surface area contributed by atoms with Gasteiger partial charge in [-0.15, -0.1) is 0 Å². The van der Waals surface area contributed by atoms with Crippen LogP contribution >= 0.6 is 0 Å². The van der Waals surface area contributed by atoms with Gasteiger partial charge in [0.15, 0.2) is 0 Å². The molecule has 1 aliphatic heterocycles. The van der Waals surface area contributed by atoms with Gasteiger partial charge in [0, 0.05) is 19.1 Å². The van der Waals surface area contributed by atoms with Crippen molar-refractivity contribution >= 4 is 22.1 Å². The lowest BCUT2D eigenvalue weighted by Crippen LogP contribution is -2.49. The first kappa shape index (κ1) is 15.2. The zero-order chi connectivity index (χ0) is 14.8. The van der Waals surface area contributed by atoms with Crippen LogP contribution in [0.2, 0.25) is 0 Å². The van der Waals surface area contributed by atoms with Gasteiger partial charge < -0.3 is 10.4 Å². The quantitative estimate of drug-likeness (QED) is 0.576. The van der Waals surface area contributed by atoms with E-state index < -0.39 is 22.1 Å². The lowest BCUT2D eigenvalue weighted by Gasteiger charge is -2.29. The van der Waals surface area contributed by atoms with E-state index in [1.807, 2.05) is 0 Å². The van der Waals surface area contributed by atoms with Crippen LogP contribution < -0.4 is 10.0 Å². The standard InChI is InChI=1S/C11H19N3O5S/c15-10(13-9-3-4-9)6-12-20(18,19)14-5-1-2-8(7-14)11(16)17/h8-9,12H,1-7H2,(H,13,15)(H,16,17). The Balaban J connectivity index is 1.85. The minimum Gasteiger partial charge on any atom is -0.481 e. The van der Waals surface area contributed by atoms with Crippen LogP contribution in [-0.4, -0.2) is 55.4 Å². The molecule has 0 radical (unpaired) electrons. The van der Waals surface area contributed by atoms with Gasteiger partial charge in [0.1, 0.15) is 0 Å². The molecule has 0 bridgehead atoms. The Kier molecular flexibility index (Phi) is 4.61. The van der Waals surface area contributed by atoms with E-state index in [9.17, 15) is 18.0 Å². The molecule has 1 heterocycles. The zero-order valence-corrected chi connectivity index (χ0v) is 11.9. The summed E-state index contributed by atoms with van der Waals surface area (Å²) in [6.45, 7) is -0.0780. The van der Waals surface area contributed by atoms with Crippen LogP contribution in [0.25, 0.3) is 0 Å². The number of nitrogens with one attached hydrogen (secondary N) is 2. The maximum atomic E-state index is 12.0. The molecule has 8 nitrogen and oxygen atoms in total. The predicted molar refractivity (Wildman–Crippen MR) is 70.0 cm³/mol. The second-order valence-electron chi connectivity index (χ2n) is 5.20. The number of rotatable bonds is 6. The molecule has 2 rings (SSSR count). The summed E-state index contributed by atoms with van der Waals surface area (Å²) in [5, 5.41) is 11.6. The second-order valence-corrected chi connectivity index (χ2v) is 6.96. The van der Waals surface area contributed by atoms with Crippen LogP contribution in [0.4, 0.5) is 0 Å². The van der Waals surface area contributed by atoms with Crippen molar-refractivity contribution in [2.24, 2.45) is 5.92 Å². The van der Waals surface area contributed by atoms with Crippen LogP contribution in [0.3, 0.4) is 0 Å². The predicted octanol–water partition coefficient (Wildman–Crippen LogP) is -1.10. The fraction of sp³-hybridized carbons (Fsp3) is 0.818. The van der Waals surface area contributed by atoms with E-state index in [2.05, 4.69) is 10.0 Å². The van der Waals surface area contributed by atoms with Crippen molar-refractivity contribution in [3.05, 3.63) is 0 Å². The van der Waals surface area contributed by atoms with Crippen molar-refractivity contribution in [2.45, 2.75) is 31.7 Å². The molecule has 1 saturated heterocycles. The van der Waals surface area contributed by atoms with Crippen LogP contribution in [0.15, 0.2) is 0 Å². The van der Waals surface area contributed by atoms with Gasteiger partial charge in [-0.25, -0.2) is 0 Å². The molecule has 20 heavy (non-hydrogen) atoms. The van der Waals surface area contributed by atoms with Crippen molar-refractivity contribution < 1.29 is 23.1 Å². The lowest BCUT2D eigenvalue weighted by atomic mass is 10.0. The monoisotopic (exact) mass is 305 g/mol. The Hall–Kier alpha value is -1.19. The van der Waals surface area contributed by atoms with Crippen molar-refractivity contribution in [3.8, 4) is 0 Å². The van der Waals surface area contributed by atoms with Crippen molar-refractivity contribution in [1.29, 1.82) is 0 Å².